The third-order valence-corrected chi connectivity index (χ3v) is 16.5. The van der Waals surface area contributed by atoms with Gasteiger partial charge in [0.2, 0.25) is 0 Å². The second-order valence-corrected chi connectivity index (χ2v) is 22.0. The number of esters is 1. The van der Waals surface area contributed by atoms with Crippen LogP contribution < -0.4 is 5.32 Å². The highest BCUT2D eigenvalue weighted by molar-refractivity contribution is 6.74. The Kier molecular flexibility index (Phi) is 14.9. The van der Waals surface area contributed by atoms with Gasteiger partial charge in [-0.25, -0.2) is 9.78 Å². The lowest BCUT2D eigenvalue weighted by Crippen LogP contribution is -2.47. The molecule has 12 heteroatoms. The van der Waals surface area contributed by atoms with Crippen LogP contribution in [-0.2, 0) is 28.7 Å². The number of aromatic nitrogens is 2. The van der Waals surface area contributed by atoms with Crippen molar-refractivity contribution in [3.63, 3.8) is 0 Å². The van der Waals surface area contributed by atoms with E-state index in [2.05, 4.69) is 75.9 Å². The smallest absolute Gasteiger partial charge is 0.337 e. The Labute approximate surface area is 336 Å². The normalized spacial score (nSPS) is 16.8. The molecule has 0 bridgehead atoms. The number of nitrogens with one attached hydrogen (secondary N) is 1. The summed E-state index contributed by atoms with van der Waals surface area (Å²) in [4.78, 5) is 53.9. The molecular weight excluding hydrogens is 721 g/mol. The first-order chi connectivity index (χ1) is 26.7. The van der Waals surface area contributed by atoms with Crippen LogP contribution in [0, 0.1) is 0 Å². The molecule has 1 aromatic heterocycles. The minimum atomic E-state index is -1.98. The number of ether oxygens (including phenoxy) is 1. The standard InChI is InChI=1S/C44H66N6O5Si/c1-10-12-19-49(20-13-11-2)42(52)39-30-50(26-25-48-23-21-47(6)22-24-48)41(46-39)36-18-17-32(43(53)54-7)27-38(36)40(51)35-16-14-15-33-29-45-34(28-37(33)35)31-55-56(8,9)44(3,4)5/h14-18,27,30,34,45H,10-13,19-26,28-29,31H2,1-9H3. The van der Waals surface area contributed by atoms with Gasteiger partial charge < -0.3 is 28.8 Å². The highest BCUT2D eigenvalue weighted by Crippen LogP contribution is 2.37. The number of carbonyl (C=O) groups is 3. The van der Waals surface area contributed by atoms with E-state index in [0.717, 1.165) is 69.5 Å². The molecule has 56 heavy (non-hydrogen) atoms. The van der Waals surface area contributed by atoms with Crippen LogP contribution in [0.5, 0.6) is 0 Å². The Morgan fingerprint density at radius 2 is 1.66 bits per heavy atom. The van der Waals surface area contributed by atoms with Crippen LogP contribution in [0.1, 0.15) is 108 Å². The van der Waals surface area contributed by atoms with Crippen molar-refractivity contribution in [1.29, 1.82) is 0 Å². The van der Waals surface area contributed by atoms with Crippen molar-refractivity contribution in [1.82, 2.24) is 29.6 Å². The summed E-state index contributed by atoms with van der Waals surface area (Å²) in [5.74, 6) is -0.270. The zero-order valence-corrected chi connectivity index (χ0v) is 36.5. The second kappa shape index (κ2) is 19.2. The number of rotatable bonds is 17. The fraction of sp³-hybridized carbons (Fsp3) is 0.591. The van der Waals surface area contributed by atoms with Crippen molar-refractivity contribution in [3.05, 3.63) is 76.1 Å². The molecule has 0 aliphatic carbocycles. The first kappa shape index (κ1) is 43.4. The van der Waals surface area contributed by atoms with E-state index < -0.39 is 14.3 Å². The van der Waals surface area contributed by atoms with Crippen LogP contribution >= 0.6 is 0 Å². The number of piperazine rings is 1. The molecule has 1 N–H and O–H groups in total. The van der Waals surface area contributed by atoms with Crippen molar-refractivity contribution < 1.29 is 23.5 Å². The monoisotopic (exact) mass is 786 g/mol. The van der Waals surface area contributed by atoms with Gasteiger partial charge in [0, 0.05) is 94.4 Å². The molecule has 0 saturated carbocycles. The summed E-state index contributed by atoms with van der Waals surface area (Å²) in [5.41, 5.74) is 4.25. The molecule has 3 heterocycles. The third kappa shape index (κ3) is 10.4. The van der Waals surface area contributed by atoms with Crippen molar-refractivity contribution in [2.75, 3.05) is 66.6 Å². The molecule has 2 aromatic carbocycles. The molecule has 3 aromatic rings. The van der Waals surface area contributed by atoms with E-state index in [9.17, 15) is 9.59 Å². The van der Waals surface area contributed by atoms with E-state index in [-0.39, 0.29) is 28.3 Å². The number of fused-ring (bicyclic) bond motifs is 1. The minimum Gasteiger partial charge on any atom is -0.465 e. The van der Waals surface area contributed by atoms with Gasteiger partial charge in [0.25, 0.3) is 5.91 Å². The molecule has 1 fully saturated rings. The van der Waals surface area contributed by atoms with E-state index in [1.54, 1.807) is 18.2 Å². The number of methoxy groups -OCH3 is 1. The van der Waals surface area contributed by atoms with Gasteiger partial charge in [0.1, 0.15) is 11.5 Å². The van der Waals surface area contributed by atoms with Gasteiger partial charge in [0.05, 0.1) is 12.7 Å². The lowest BCUT2D eigenvalue weighted by atomic mass is 9.87. The quantitative estimate of drug-likeness (QED) is 0.0889. The zero-order valence-electron chi connectivity index (χ0n) is 35.5. The van der Waals surface area contributed by atoms with Crippen molar-refractivity contribution in [3.8, 4) is 11.4 Å². The van der Waals surface area contributed by atoms with Crippen LogP contribution in [0.25, 0.3) is 11.4 Å². The number of benzene rings is 2. The van der Waals surface area contributed by atoms with Gasteiger partial charge >= 0.3 is 5.97 Å². The molecular formula is C44H66N6O5Si. The number of likely N-dealkylation sites (N-methyl/N-ethyl adjacent to an activating group) is 1. The van der Waals surface area contributed by atoms with Crippen LogP contribution in [0.3, 0.4) is 0 Å². The first-order valence-electron chi connectivity index (χ1n) is 20.7. The van der Waals surface area contributed by atoms with Gasteiger partial charge in [-0.1, -0.05) is 65.7 Å². The van der Waals surface area contributed by atoms with Gasteiger partial charge in [-0.2, -0.15) is 0 Å². The largest absolute Gasteiger partial charge is 0.465 e. The van der Waals surface area contributed by atoms with Gasteiger partial charge in [-0.05, 0) is 73.8 Å². The molecule has 306 valence electrons. The zero-order chi connectivity index (χ0) is 40.6. The van der Waals surface area contributed by atoms with Gasteiger partial charge in [0.15, 0.2) is 14.1 Å². The summed E-state index contributed by atoms with van der Waals surface area (Å²) in [6, 6.07) is 11.1. The van der Waals surface area contributed by atoms with E-state index >= 15 is 4.79 Å². The molecule has 1 unspecified atom stereocenters. The lowest BCUT2D eigenvalue weighted by Gasteiger charge is -2.38. The van der Waals surface area contributed by atoms with E-state index in [1.165, 1.54) is 7.11 Å². The maximum atomic E-state index is 15.0. The number of carbonyl (C=O) groups excluding carboxylic acids is 3. The highest BCUT2D eigenvalue weighted by Gasteiger charge is 2.38. The number of amides is 1. The molecule has 2 aliphatic heterocycles. The van der Waals surface area contributed by atoms with Gasteiger partial charge in [-0.3, -0.25) is 14.5 Å². The number of hydrogen-bond acceptors (Lipinski definition) is 9. The molecule has 1 saturated heterocycles. The summed E-state index contributed by atoms with van der Waals surface area (Å²) in [6.45, 7) is 23.3. The Morgan fingerprint density at radius 3 is 2.30 bits per heavy atom. The fourth-order valence-corrected chi connectivity index (χ4v) is 8.24. The van der Waals surface area contributed by atoms with Crippen LogP contribution in [0.4, 0.5) is 0 Å². The maximum absolute atomic E-state index is 15.0. The SMILES string of the molecule is CCCCN(CCCC)C(=O)c1cn(CCN2CCN(C)CC2)c(-c2ccc(C(=O)OC)cc2C(=O)c2cccc3c2CC(CO[Si](C)(C)C(C)(C)C)NC3)n1. The number of hydrogen-bond donors (Lipinski definition) is 1. The van der Waals surface area contributed by atoms with E-state index in [0.29, 0.717) is 67.4 Å². The maximum Gasteiger partial charge on any atom is 0.337 e. The fourth-order valence-electron chi connectivity index (χ4n) is 7.19. The summed E-state index contributed by atoms with van der Waals surface area (Å²) in [5, 5.41) is 3.73. The Balaban J connectivity index is 1.56. The molecule has 1 amide bonds. The average molecular weight is 787 g/mol. The second-order valence-electron chi connectivity index (χ2n) is 17.2. The molecule has 0 radical (unpaired) electrons. The molecule has 0 spiro atoms. The molecule has 11 nitrogen and oxygen atoms in total. The summed E-state index contributed by atoms with van der Waals surface area (Å²) in [7, 11) is 1.51. The van der Waals surface area contributed by atoms with Crippen molar-refractivity contribution in [2.45, 2.75) is 104 Å². The van der Waals surface area contributed by atoms with E-state index in [1.807, 2.05) is 27.8 Å². The first-order valence-corrected chi connectivity index (χ1v) is 23.6. The van der Waals surface area contributed by atoms with Crippen LogP contribution in [0.15, 0.2) is 42.6 Å². The minimum absolute atomic E-state index is 0.0526. The third-order valence-electron chi connectivity index (χ3n) is 12.0. The Morgan fingerprint density at radius 1 is 0.964 bits per heavy atom. The molecule has 2 aliphatic rings. The molecule has 1 atom stereocenters. The van der Waals surface area contributed by atoms with E-state index in [4.69, 9.17) is 14.1 Å². The predicted octanol–water partition coefficient (Wildman–Crippen LogP) is 6.89. The Hall–Kier alpha value is -3.68. The summed E-state index contributed by atoms with van der Waals surface area (Å²) >= 11 is 0. The van der Waals surface area contributed by atoms with Crippen molar-refractivity contribution >= 4 is 26.0 Å². The predicted molar refractivity (Wildman–Crippen MR) is 226 cm³/mol. The number of imidazole rings is 1. The molecule has 5 rings (SSSR count). The summed E-state index contributed by atoms with van der Waals surface area (Å²) < 4.78 is 13.8. The number of nitrogens with zero attached hydrogens (tertiary/aromatic N) is 5. The van der Waals surface area contributed by atoms with Crippen molar-refractivity contribution in [2.24, 2.45) is 0 Å². The number of unbranched alkanes of at least 4 members (excludes halogenated alkanes) is 2. The van der Waals surface area contributed by atoms with Crippen LogP contribution in [0.2, 0.25) is 18.1 Å². The average Bonchev–Trinajstić information content (AvgIpc) is 3.62. The summed E-state index contributed by atoms with van der Waals surface area (Å²) in [6.07, 6.45) is 6.32. The topological polar surface area (TPSA) is 109 Å². The van der Waals surface area contributed by atoms with Crippen LogP contribution in [-0.4, -0.2) is 123 Å². The highest BCUT2D eigenvalue weighted by atomic mass is 28.4. The van der Waals surface area contributed by atoms with Gasteiger partial charge in [-0.15, -0.1) is 0 Å². The Bertz CT molecular complexity index is 1820. The lowest BCUT2D eigenvalue weighted by molar-refractivity contribution is 0.0600. The number of ketones is 1.